The summed E-state index contributed by atoms with van der Waals surface area (Å²) in [5.74, 6) is -2.52. The Morgan fingerprint density at radius 2 is 1.58 bits per heavy atom. The Morgan fingerprint density at radius 1 is 0.942 bits per heavy atom. The standard InChI is InChI=1S/C41H73NO10/c1-16-18-47-40(14)20-23(4)33(42-46)26(7)35(43)41(15,45)31(17-2)50-37(44)28(9)34(51-32-21-39(12,13)29(10)30(11)49-32)27(8)36(40)52-38-25(6)22(3)19-24(5)48-38/h16,22-32,34-36,38,43,45-46H,1,17-21H2,2-15H3/b42-33-/t22-,23+,24+,25+,26-,27-,28+,29-,30-,31+,32-,34-,35+,36+,38-,40-,41+/m0/s1. The zero-order chi connectivity index (χ0) is 39.5. The molecule has 11 heteroatoms. The van der Waals surface area contributed by atoms with Crippen LogP contribution in [0.1, 0.15) is 123 Å². The lowest BCUT2D eigenvalue weighted by Gasteiger charge is -2.50. The van der Waals surface area contributed by atoms with Crippen LogP contribution in [0.25, 0.3) is 0 Å². The summed E-state index contributed by atoms with van der Waals surface area (Å²) >= 11 is 0. The molecule has 17 atom stereocenters. The lowest BCUT2D eigenvalue weighted by Crippen LogP contribution is -2.59. The highest BCUT2D eigenvalue weighted by Gasteiger charge is 2.53. The van der Waals surface area contributed by atoms with Gasteiger partial charge in [-0.15, -0.1) is 6.58 Å². The quantitative estimate of drug-likeness (QED) is 0.102. The SMILES string of the molecule is C=CCO[C@@]1(C)C[C@@H](C)/C(=N/O)[C@H](C)[C@@H](O)[C@](C)(O)[C@@H](CC)OC(=O)[C@H](C)[C@@H](O[C@H]2CC(C)(C)[C@@H](C)[C@H](C)O2)[C@H](C)[C@H]1O[C@@H]1O[C@H](C)C[C@H](C)[C@H]1C. The Morgan fingerprint density at radius 3 is 2.13 bits per heavy atom. The minimum atomic E-state index is -1.87. The molecule has 0 amide bonds. The first kappa shape index (κ1) is 44.8. The summed E-state index contributed by atoms with van der Waals surface area (Å²) in [6, 6.07) is 0. The van der Waals surface area contributed by atoms with Gasteiger partial charge >= 0.3 is 5.97 Å². The van der Waals surface area contributed by atoms with Crippen LogP contribution < -0.4 is 0 Å². The number of rotatable bonds is 8. The van der Waals surface area contributed by atoms with Crippen molar-refractivity contribution >= 4 is 11.7 Å². The van der Waals surface area contributed by atoms with Crippen LogP contribution >= 0.6 is 0 Å². The maximum atomic E-state index is 14.3. The Kier molecular flexibility index (Phi) is 15.4. The van der Waals surface area contributed by atoms with Gasteiger partial charge in [0.25, 0.3) is 0 Å². The molecule has 11 nitrogen and oxygen atoms in total. The lowest BCUT2D eigenvalue weighted by molar-refractivity contribution is -0.304. The Balaban J connectivity index is 2.27. The summed E-state index contributed by atoms with van der Waals surface area (Å²) in [7, 11) is 0. The molecule has 3 aliphatic heterocycles. The van der Waals surface area contributed by atoms with Crippen LogP contribution in [-0.4, -0.2) is 94.1 Å². The van der Waals surface area contributed by atoms with Crippen LogP contribution in [0.5, 0.6) is 0 Å². The molecular formula is C41H73NO10. The second-order valence-corrected chi connectivity index (χ2v) is 17.8. The van der Waals surface area contributed by atoms with Crippen LogP contribution in [0.3, 0.4) is 0 Å². The van der Waals surface area contributed by atoms with Gasteiger partial charge in [0.05, 0.1) is 54.4 Å². The lowest BCUT2D eigenvalue weighted by atomic mass is 9.72. The van der Waals surface area contributed by atoms with Crippen molar-refractivity contribution < 1.29 is 48.6 Å². The molecule has 0 spiro atoms. The van der Waals surface area contributed by atoms with E-state index in [1.54, 1.807) is 26.8 Å². The van der Waals surface area contributed by atoms with Crippen LogP contribution in [0.15, 0.2) is 17.8 Å². The van der Waals surface area contributed by atoms with Crippen molar-refractivity contribution in [1.29, 1.82) is 0 Å². The van der Waals surface area contributed by atoms with Gasteiger partial charge in [0.1, 0.15) is 11.7 Å². The molecule has 3 aliphatic rings. The van der Waals surface area contributed by atoms with Crippen LogP contribution in [-0.2, 0) is 33.2 Å². The smallest absolute Gasteiger partial charge is 0.311 e. The largest absolute Gasteiger partial charge is 0.459 e. The molecule has 302 valence electrons. The number of cyclic esters (lactones) is 1. The average molecular weight is 740 g/mol. The van der Waals surface area contributed by atoms with Crippen molar-refractivity contribution in [1.82, 2.24) is 0 Å². The first-order valence-electron chi connectivity index (χ1n) is 19.7. The number of aliphatic hydroxyl groups excluding tert-OH is 1. The topological polar surface area (TPSA) is 146 Å². The molecule has 0 saturated carbocycles. The Labute approximate surface area is 314 Å². The van der Waals surface area contributed by atoms with Crippen molar-refractivity contribution in [2.75, 3.05) is 6.61 Å². The van der Waals surface area contributed by atoms with E-state index >= 15 is 0 Å². The summed E-state index contributed by atoms with van der Waals surface area (Å²) < 4.78 is 39.9. The molecule has 0 aromatic carbocycles. The molecule has 0 aromatic rings. The summed E-state index contributed by atoms with van der Waals surface area (Å²) in [4.78, 5) is 14.3. The third-order valence-corrected chi connectivity index (χ3v) is 13.1. The maximum absolute atomic E-state index is 14.3. The summed E-state index contributed by atoms with van der Waals surface area (Å²) in [5, 5.41) is 37.6. The third kappa shape index (κ3) is 9.79. The minimum absolute atomic E-state index is 0.0270. The highest BCUT2D eigenvalue weighted by molar-refractivity contribution is 5.88. The van der Waals surface area contributed by atoms with E-state index in [0.29, 0.717) is 18.8 Å². The van der Waals surface area contributed by atoms with E-state index in [4.69, 9.17) is 28.4 Å². The highest BCUT2D eigenvalue weighted by atomic mass is 16.7. The zero-order valence-corrected chi connectivity index (χ0v) is 34.6. The van der Waals surface area contributed by atoms with Gasteiger partial charge in [0.2, 0.25) is 0 Å². The molecule has 3 heterocycles. The number of hydrogen-bond acceptors (Lipinski definition) is 11. The van der Waals surface area contributed by atoms with Crippen molar-refractivity contribution in [3.8, 4) is 0 Å². The number of nitrogens with zero attached hydrogens (tertiary/aromatic N) is 1. The number of carbonyl (C=O) groups is 1. The number of carbonyl (C=O) groups excluding carboxylic acids is 1. The average Bonchev–Trinajstić information content (AvgIpc) is 3.06. The molecule has 0 bridgehead atoms. The van der Waals surface area contributed by atoms with Crippen molar-refractivity contribution in [2.45, 2.75) is 183 Å². The molecule has 3 saturated heterocycles. The third-order valence-electron chi connectivity index (χ3n) is 13.1. The van der Waals surface area contributed by atoms with Gasteiger partial charge in [-0.3, -0.25) is 4.79 Å². The fourth-order valence-electron chi connectivity index (χ4n) is 9.03. The molecule has 0 aromatic heterocycles. The molecule has 3 fully saturated rings. The highest BCUT2D eigenvalue weighted by Crippen LogP contribution is 2.45. The van der Waals surface area contributed by atoms with E-state index in [-0.39, 0.29) is 48.2 Å². The van der Waals surface area contributed by atoms with Gasteiger partial charge < -0.3 is 43.8 Å². The normalized spacial score (nSPS) is 47.7. The van der Waals surface area contributed by atoms with E-state index < -0.39 is 77.8 Å². The van der Waals surface area contributed by atoms with E-state index in [0.717, 1.165) is 6.42 Å². The van der Waals surface area contributed by atoms with Crippen molar-refractivity contribution in [3.05, 3.63) is 12.7 Å². The predicted octanol–water partition coefficient (Wildman–Crippen LogP) is 7.13. The molecule has 52 heavy (non-hydrogen) atoms. The van der Waals surface area contributed by atoms with Gasteiger partial charge in [-0.1, -0.05) is 73.5 Å². The van der Waals surface area contributed by atoms with Gasteiger partial charge in [0, 0.05) is 30.1 Å². The van der Waals surface area contributed by atoms with Gasteiger partial charge in [-0.2, -0.15) is 0 Å². The molecule has 0 radical (unpaired) electrons. The molecule has 0 aliphatic carbocycles. The number of aliphatic hydroxyl groups is 2. The molecular weight excluding hydrogens is 666 g/mol. The van der Waals surface area contributed by atoms with Crippen molar-refractivity contribution in [3.63, 3.8) is 0 Å². The summed E-state index contributed by atoms with van der Waals surface area (Å²) in [6.07, 6.45) is -1.60. The monoisotopic (exact) mass is 740 g/mol. The van der Waals surface area contributed by atoms with E-state index in [2.05, 4.69) is 60.2 Å². The van der Waals surface area contributed by atoms with Gasteiger partial charge in [-0.25, -0.2) is 0 Å². The maximum Gasteiger partial charge on any atom is 0.311 e. The Bertz CT molecular complexity index is 1210. The first-order valence-corrected chi connectivity index (χ1v) is 19.7. The molecule has 3 rings (SSSR count). The second kappa shape index (κ2) is 17.9. The molecule has 3 N–H and O–H groups in total. The Hall–Kier alpha value is -1.60. The first-order chi connectivity index (χ1) is 24.1. The minimum Gasteiger partial charge on any atom is -0.459 e. The predicted molar refractivity (Wildman–Crippen MR) is 201 cm³/mol. The van der Waals surface area contributed by atoms with Crippen LogP contribution in [0, 0.1) is 46.8 Å². The summed E-state index contributed by atoms with van der Waals surface area (Å²) in [6.45, 7) is 31.7. The number of hydrogen-bond donors (Lipinski definition) is 3. The zero-order valence-electron chi connectivity index (χ0n) is 34.6. The second-order valence-electron chi connectivity index (χ2n) is 17.8. The van der Waals surface area contributed by atoms with Crippen LogP contribution in [0.4, 0.5) is 0 Å². The molecule has 0 unspecified atom stereocenters. The summed E-state index contributed by atoms with van der Waals surface area (Å²) in [5.41, 5.74) is -2.78. The van der Waals surface area contributed by atoms with Crippen LogP contribution in [0.2, 0.25) is 0 Å². The number of ether oxygens (including phenoxy) is 6. The number of oxime groups is 1. The number of esters is 1. The van der Waals surface area contributed by atoms with Gasteiger partial charge in [0.15, 0.2) is 12.6 Å². The van der Waals surface area contributed by atoms with Gasteiger partial charge in [-0.05, 0) is 71.1 Å². The van der Waals surface area contributed by atoms with E-state index in [9.17, 15) is 20.2 Å². The fraction of sp³-hybridized carbons (Fsp3) is 0.902. The van der Waals surface area contributed by atoms with Crippen molar-refractivity contribution in [2.24, 2.45) is 52.0 Å². The van der Waals surface area contributed by atoms with E-state index in [1.165, 1.54) is 6.92 Å². The fourth-order valence-corrected chi connectivity index (χ4v) is 9.03. The van der Waals surface area contributed by atoms with E-state index in [1.807, 2.05) is 20.8 Å².